The predicted octanol–water partition coefficient (Wildman–Crippen LogP) is 2.37. The molecule has 0 atom stereocenters. The monoisotopic (exact) mass is 177 g/mol. The smallest absolute Gasteiger partial charge is 0.0876 e. The Bertz CT molecular complexity index is 390. The van der Waals surface area contributed by atoms with Crippen molar-refractivity contribution < 1.29 is 0 Å². The maximum atomic E-state index is 4.20. The van der Waals surface area contributed by atoms with E-state index in [9.17, 15) is 0 Å². The van der Waals surface area contributed by atoms with Gasteiger partial charge in [-0.3, -0.25) is 0 Å². The Morgan fingerprint density at radius 1 is 1.00 bits per heavy atom. The second-order valence-electron chi connectivity index (χ2n) is 2.67. The molecule has 0 radical (unpaired) electrons. The van der Waals surface area contributed by atoms with Crippen LogP contribution >= 0.6 is 0 Å². The molecule has 3 nitrogen and oxygen atoms in total. The third-order valence-corrected chi connectivity index (χ3v) is 1.59. The van der Waals surface area contributed by atoms with E-state index < -0.39 is 0 Å². The van der Waals surface area contributed by atoms with Crippen LogP contribution in [0.25, 0.3) is 5.52 Å². The highest BCUT2D eigenvalue weighted by atomic mass is 15.4. The van der Waals surface area contributed by atoms with E-state index in [0.717, 1.165) is 16.9 Å². The summed E-state index contributed by atoms with van der Waals surface area (Å²) in [6.45, 7) is 7.92. The van der Waals surface area contributed by atoms with Crippen LogP contribution in [0.15, 0.2) is 18.2 Å². The molecule has 0 N–H and O–H groups in total. The number of rotatable bonds is 0. The molecule has 0 aliphatic heterocycles. The summed E-state index contributed by atoms with van der Waals surface area (Å²) in [4.78, 5) is 0. The van der Waals surface area contributed by atoms with E-state index in [2.05, 4.69) is 10.2 Å². The van der Waals surface area contributed by atoms with Crippen LogP contribution in [-0.2, 0) is 0 Å². The highest BCUT2D eigenvalue weighted by Crippen LogP contribution is 2.03. The van der Waals surface area contributed by atoms with Crippen molar-refractivity contribution in [2.75, 3.05) is 0 Å². The van der Waals surface area contributed by atoms with Crippen LogP contribution in [0.2, 0.25) is 0 Å². The molecule has 0 saturated heterocycles. The van der Waals surface area contributed by atoms with Crippen LogP contribution in [0, 0.1) is 13.8 Å². The molecule has 0 spiro atoms. The van der Waals surface area contributed by atoms with E-state index in [1.807, 2.05) is 45.9 Å². The second kappa shape index (κ2) is 4.03. The van der Waals surface area contributed by atoms with Crippen molar-refractivity contribution in [1.82, 2.24) is 14.8 Å². The van der Waals surface area contributed by atoms with Crippen molar-refractivity contribution in [3.63, 3.8) is 0 Å². The van der Waals surface area contributed by atoms with Gasteiger partial charge in [0.25, 0.3) is 0 Å². The molecule has 0 aromatic carbocycles. The fourth-order valence-corrected chi connectivity index (χ4v) is 1.09. The maximum Gasteiger partial charge on any atom is 0.0876 e. The molecule has 0 unspecified atom stereocenters. The lowest BCUT2D eigenvalue weighted by atomic mass is 10.3. The Hall–Kier alpha value is -1.38. The van der Waals surface area contributed by atoms with Gasteiger partial charge < -0.3 is 0 Å². The minimum atomic E-state index is 0.987. The molecule has 0 aliphatic rings. The number of nitrogens with zero attached hydrogens (tertiary/aromatic N) is 3. The summed E-state index contributed by atoms with van der Waals surface area (Å²) >= 11 is 0. The molecule has 70 valence electrons. The first-order valence-electron chi connectivity index (χ1n) is 4.56. The topological polar surface area (TPSA) is 30.2 Å². The van der Waals surface area contributed by atoms with E-state index in [1.54, 1.807) is 4.63 Å². The van der Waals surface area contributed by atoms with Gasteiger partial charge in [0.2, 0.25) is 0 Å². The summed E-state index contributed by atoms with van der Waals surface area (Å²) in [5.41, 5.74) is 3.04. The van der Waals surface area contributed by atoms with Crippen LogP contribution in [0.1, 0.15) is 25.2 Å². The molecule has 0 bridgehead atoms. The summed E-state index contributed by atoms with van der Waals surface area (Å²) in [7, 11) is 0. The molecule has 2 aromatic rings. The van der Waals surface area contributed by atoms with Crippen molar-refractivity contribution in [2.24, 2.45) is 0 Å². The Labute approximate surface area is 78.4 Å². The van der Waals surface area contributed by atoms with Gasteiger partial charge in [0.05, 0.1) is 16.9 Å². The molecule has 2 rings (SSSR count). The van der Waals surface area contributed by atoms with Gasteiger partial charge in [0, 0.05) is 0 Å². The molecular formula is C10H15N3. The normalized spacial score (nSPS) is 9.54. The van der Waals surface area contributed by atoms with E-state index >= 15 is 0 Å². The number of aromatic nitrogens is 3. The van der Waals surface area contributed by atoms with E-state index in [0.29, 0.717) is 0 Å². The lowest BCUT2D eigenvalue weighted by Gasteiger charge is -1.91. The highest BCUT2D eigenvalue weighted by Gasteiger charge is 1.96. The first kappa shape index (κ1) is 9.71. The lowest BCUT2D eigenvalue weighted by molar-refractivity contribution is 0.770. The average molecular weight is 177 g/mol. The number of hydrogen-bond acceptors (Lipinski definition) is 2. The third-order valence-electron chi connectivity index (χ3n) is 1.59. The molecule has 0 aliphatic carbocycles. The zero-order chi connectivity index (χ0) is 9.84. The first-order chi connectivity index (χ1) is 6.25. The van der Waals surface area contributed by atoms with Crippen LogP contribution in [0.4, 0.5) is 0 Å². The van der Waals surface area contributed by atoms with Gasteiger partial charge in [-0.25, -0.2) is 0 Å². The number of fused-ring (bicyclic) bond motifs is 1. The summed E-state index contributed by atoms with van der Waals surface area (Å²) < 4.78 is 1.66. The van der Waals surface area contributed by atoms with Crippen molar-refractivity contribution in [3.8, 4) is 0 Å². The largest absolute Gasteiger partial charge is 0.155 e. The molecule has 2 aromatic heterocycles. The fraction of sp³-hybridized carbons (Fsp3) is 0.400. The Kier molecular flexibility index (Phi) is 3.01. The minimum Gasteiger partial charge on any atom is -0.155 e. The third kappa shape index (κ3) is 2.05. The SMILES string of the molecule is CC.Cc1ccc2cc(C)nn2n1. The van der Waals surface area contributed by atoms with Crippen molar-refractivity contribution in [1.29, 1.82) is 0 Å². The van der Waals surface area contributed by atoms with Crippen LogP contribution < -0.4 is 0 Å². The van der Waals surface area contributed by atoms with Crippen molar-refractivity contribution >= 4 is 5.52 Å². The second-order valence-corrected chi connectivity index (χ2v) is 2.67. The zero-order valence-electron chi connectivity index (χ0n) is 8.57. The van der Waals surface area contributed by atoms with Gasteiger partial charge in [-0.05, 0) is 32.0 Å². The highest BCUT2D eigenvalue weighted by molar-refractivity contribution is 5.45. The first-order valence-corrected chi connectivity index (χ1v) is 4.56. The van der Waals surface area contributed by atoms with Gasteiger partial charge in [0.15, 0.2) is 0 Å². The molecule has 0 fully saturated rings. The molecule has 0 amide bonds. The van der Waals surface area contributed by atoms with Crippen LogP contribution in [0.5, 0.6) is 0 Å². The minimum absolute atomic E-state index is 0.987. The van der Waals surface area contributed by atoms with Crippen LogP contribution in [0.3, 0.4) is 0 Å². The summed E-state index contributed by atoms with van der Waals surface area (Å²) in [6.07, 6.45) is 0. The van der Waals surface area contributed by atoms with Gasteiger partial charge in [-0.1, -0.05) is 13.8 Å². The molecule has 3 heteroatoms. The lowest BCUT2D eigenvalue weighted by Crippen LogP contribution is -1.94. The quantitative estimate of drug-likeness (QED) is 0.618. The van der Waals surface area contributed by atoms with Gasteiger partial charge in [0.1, 0.15) is 0 Å². The van der Waals surface area contributed by atoms with E-state index in [-0.39, 0.29) is 0 Å². The predicted molar refractivity (Wildman–Crippen MR) is 53.8 cm³/mol. The summed E-state index contributed by atoms with van der Waals surface area (Å²) in [5.74, 6) is 0. The standard InChI is InChI=1S/C8H9N3.C2H6/c1-6-3-4-8-5-7(2)10-11(8)9-6;1-2/h3-5H,1-2H3;1-2H3. The Balaban J connectivity index is 0.000000396. The van der Waals surface area contributed by atoms with Crippen molar-refractivity contribution in [3.05, 3.63) is 29.6 Å². The summed E-state index contributed by atoms with van der Waals surface area (Å²) in [5, 5.41) is 8.38. The zero-order valence-corrected chi connectivity index (χ0v) is 8.57. The maximum absolute atomic E-state index is 4.20. The average Bonchev–Trinajstić information content (AvgIpc) is 2.48. The Morgan fingerprint density at radius 3 is 2.31 bits per heavy atom. The van der Waals surface area contributed by atoms with Crippen molar-refractivity contribution in [2.45, 2.75) is 27.7 Å². The molecule has 2 heterocycles. The van der Waals surface area contributed by atoms with E-state index in [1.165, 1.54) is 0 Å². The van der Waals surface area contributed by atoms with E-state index in [4.69, 9.17) is 0 Å². The molecule has 13 heavy (non-hydrogen) atoms. The number of aryl methyl sites for hydroxylation is 2. The van der Waals surface area contributed by atoms with Crippen LogP contribution in [-0.4, -0.2) is 14.8 Å². The summed E-state index contributed by atoms with van der Waals surface area (Å²) in [6, 6.07) is 6.01. The fourth-order valence-electron chi connectivity index (χ4n) is 1.09. The Morgan fingerprint density at radius 2 is 1.62 bits per heavy atom. The molecular weight excluding hydrogens is 162 g/mol. The van der Waals surface area contributed by atoms with Gasteiger partial charge in [-0.2, -0.15) is 14.8 Å². The number of hydrogen-bond donors (Lipinski definition) is 0. The molecule has 0 saturated carbocycles. The van der Waals surface area contributed by atoms with Gasteiger partial charge >= 0.3 is 0 Å². The van der Waals surface area contributed by atoms with Gasteiger partial charge in [-0.15, -0.1) is 0 Å².